The highest BCUT2D eigenvalue weighted by molar-refractivity contribution is 9.10. The number of amides is 2. The monoisotopic (exact) mass is 469 g/mol. The van der Waals surface area contributed by atoms with Gasteiger partial charge in [0.25, 0.3) is 11.8 Å². The highest BCUT2D eigenvalue weighted by Crippen LogP contribution is 2.56. The molecule has 3 atom stereocenters. The van der Waals surface area contributed by atoms with E-state index in [0.717, 1.165) is 30.2 Å². The highest BCUT2D eigenvalue weighted by atomic mass is 79.9. The Morgan fingerprint density at radius 1 is 1.33 bits per heavy atom. The molecule has 9 heteroatoms. The summed E-state index contributed by atoms with van der Waals surface area (Å²) < 4.78 is 8.85. The number of pyridine rings is 2. The molecule has 8 nitrogen and oxygen atoms in total. The second kappa shape index (κ2) is 7.09. The molecule has 0 spiro atoms. The van der Waals surface area contributed by atoms with Crippen molar-refractivity contribution in [2.75, 3.05) is 0 Å². The Hall–Kier alpha value is -2.94. The van der Waals surface area contributed by atoms with Crippen LogP contribution < -0.4 is 15.8 Å². The maximum absolute atomic E-state index is 12.8. The maximum atomic E-state index is 12.8. The molecule has 0 radical (unpaired) electrons. The average Bonchev–Trinajstić information content (AvgIpc) is 3.26. The zero-order valence-corrected chi connectivity index (χ0v) is 17.6. The number of nitrogens with zero attached hydrogens (tertiary/aromatic N) is 3. The molecule has 0 aromatic carbocycles. The lowest BCUT2D eigenvalue weighted by Gasteiger charge is -2.29. The van der Waals surface area contributed by atoms with Crippen LogP contribution in [0.3, 0.4) is 0 Å². The normalized spacial score (nSPS) is 24.8. The third kappa shape index (κ3) is 3.32. The number of halogens is 1. The van der Waals surface area contributed by atoms with Crippen LogP contribution in [0.15, 0.2) is 47.3 Å². The Kier molecular flexibility index (Phi) is 4.50. The Morgan fingerprint density at radius 3 is 3.00 bits per heavy atom. The predicted octanol–water partition coefficient (Wildman–Crippen LogP) is 2.71. The molecule has 0 saturated heterocycles. The summed E-state index contributed by atoms with van der Waals surface area (Å²) in [6, 6.07) is 7.10. The zero-order valence-electron chi connectivity index (χ0n) is 16.0. The van der Waals surface area contributed by atoms with Crippen LogP contribution in [0.4, 0.5) is 0 Å². The van der Waals surface area contributed by atoms with Gasteiger partial charge >= 0.3 is 0 Å². The van der Waals surface area contributed by atoms with Gasteiger partial charge in [0.1, 0.15) is 22.5 Å². The minimum absolute atomic E-state index is 0.0714. The molecule has 0 bridgehead atoms. The van der Waals surface area contributed by atoms with Gasteiger partial charge in [-0.25, -0.2) is 9.97 Å². The van der Waals surface area contributed by atoms with Crippen LogP contribution in [0.25, 0.3) is 5.65 Å². The maximum Gasteiger partial charge on any atom is 0.270 e. The largest absolute Gasteiger partial charge is 0.470 e. The Labute approximate surface area is 181 Å². The number of imidazole rings is 1. The lowest BCUT2D eigenvalue weighted by Crippen LogP contribution is -2.41. The van der Waals surface area contributed by atoms with Crippen molar-refractivity contribution in [3.8, 4) is 5.88 Å². The van der Waals surface area contributed by atoms with Gasteiger partial charge in [-0.2, -0.15) is 0 Å². The number of primary amides is 1. The van der Waals surface area contributed by atoms with Crippen molar-refractivity contribution >= 4 is 33.4 Å². The van der Waals surface area contributed by atoms with E-state index in [-0.39, 0.29) is 17.6 Å². The number of carbonyl (C=O) groups is 2. The van der Waals surface area contributed by atoms with Crippen molar-refractivity contribution in [1.82, 2.24) is 19.7 Å². The van der Waals surface area contributed by atoms with Crippen LogP contribution in [0.2, 0.25) is 0 Å². The number of rotatable bonds is 5. The molecule has 2 aliphatic rings. The van der Waals surface area contributed by atoms with E-state index in [0.29, 0.717) is 28.7 Å². The van der Waals surface area contributed by atoms with E-state index in [4.69, 9.17) is 10.5 Å². The summed E-state index contributed by atoms with van der Waals surface area (Å²) in [5.41, 5.74) is 6.65. The number of hydrogen-bond donors (Lipinski definition) is 2. The van der Waals surface area contributed by atoms with Crippen LogP contribution in [-0.4, -0.2) is 37.8 Å². The second-order valence-corrected chi connectivity index (χ2v) is 8.87. The summed E-state index contributed by atoms with van der Waals surface area (Å²) >= 11 is 3.41. The van der Waals surface area contributed by atoms with Gasteiger partial charge in [-0.3, -0.25) is 14.0 Å². The minimum atomic E-state index is -0.548. The van der Waals surface area contributed by atoms with Gasteiger partial charge in [0.15, 0.2) is 0 Å². The van der Waals surface area contributed by atoms with Crippen LogP contribution >= 0.6 is 15.9 Å². The predicted molar refractivity (Wildman–Crippen MR) is 112 cm³/mol. The van der Waals surface area contributed by atoms with Gasteiger partial charge in [0.05, 0.1) is 6.20 Å². The molecule has 0 aliphatic heterocycles. The number of nitrogens with one attached hydrogen (secondary N) is 1. The summed E-state index contributed by atoms with van der Waals surface area (Å²) in [6.45, 7) is 0. The van der Waals surface area contributed by atoms with Gasteiger partial charge in [0.2, 0.25) is 5.88 Å². The van der Waals surface area contributed by atoms with E-state index in [9.17, 15) is 9.59 Å². The molecule has 3 aromatic heterocycles. The van der Waals surface area contributed by atoms with Crippen molar-refractivity contribution in [2.45, 2.75) is 37.3 Å². The third-order valence-corrected chi connectivity index (χ3v) is 6.53. The fraction of sp³-hybridized carbons (Fsp3) is 0.333. The van der Waals surface area contributed by atoms with E-state index in [2.05, 4.69) is 31.2 Å². The molecule has 3 N–H and O–H groups in total. The number of fused-ring (bicyclic) bond motifs is 2. The number of nitrogens with two attached hydrogens (primary N) is 1. The summed E-state index contributed by atoms with van der Waals surface area (Å²) in [5.74, 6) is -0.0679. The van der Waals surface area contributed by atoms with Crippen molar-refractivity contribution in [2.24, 2.45) is 11.7 Å². The lowest BCUT2D eigenvalue weighted by molar-refractivity contribution is 0.0844. The number of hydrogen-bond acceptors (Lipinski definition) is 5. The van der Waals surface area contributed by atoms with E-state index in [1.807, 2.05) is 18.3 Å². The fourth-order valence-electron chi connectivity index (χ4n) is 4.38. The summed E-state index contributed by atoms with van der Waals surface area (Å²) in [5, 5.41) is 3.14. The quantitative estimate of drug-likeness (QED) is 0.596. The summed E-state index contributed by atoms with van der Waals surface area (Å²) in [4.78, 5) is 32.9. The van der Waals surface area contributed by atoms with Crippen molar-refractivity contribution in [3.63, 3.8) is 0 Å². The van der Waals surface area contributed by atoms with E-state index in [1.165, 1.54) is 0 Å². The molecular weight excluding hydrogens is 450 g/mol. The topological polar surface area (TPSA) is 112 Å². The first-order chi connectivity index (χ1) is 14.4. The Balaban J connectivity index is 1.24. The fourth-order valence-corrected chi connectivity index (χ4v) is 4.71. The molecule has 30 heavy (non-hydrogen) atoms. The molecule has 1 unspecified atom stereocenters. The molecule has 2 fully saturated rings. The Bertz CT molecular complexity index is 1160. The highest BCUT2D eigenvalue weighted by Gasteiger charge is 2.60. The van der Waals surface area contributed by atoms with Gasteiger partial charge in [-0.05, 0) is 49.9 Å². The van der Waals surface area contributed by atoms with Crippen molar-refractivity contribution in [3.05, 3.63) is 58.6 Å². The number of ether oxygens (including phenoxy) is 1. The van der Waals surface area contributed by atoms with Gasteiger partial charge in [-0.1, -0.05) is 15.9 Å². The van der Waals surface area contributed by atoms with E-state index < -0.39 is 5.91 Å². The molecular formula is C21H20BrN5O3. The first-order valence-corrected chi connectivity index (χ1v) is 10.6. The van der Waals surface area contributed by atoms with Crippen molar-refractivity contribution < 1.29 is 14.3 Å². The number of aromatic nitrogens is 3. The zero-order chi connectivity index (χ0) is 20.9. The van der Waals surface area contributed by atoms with Crippen LogP contribution in [0.1, 0.15) is 46.5 Å². The third-order valence-electron chi connectivity index (χ3n) is 6.04. The first-order valence-electron chi connectivity index (χ1n) is 9.82. The molecule has 2 aliphatic carbocycles. The smallest absolute Gasteiger partial charge is 0.270 e. The standard InChI is InChI=1S/C21H20BrN5O3/c22-13-4-7-27-16(11-25-17(27)9-13)19(29)26-14-3-5-21(10-12(21)8-14)30-20-15(18(23)28)2-1-6-24-20/h1-2,4,6-7,9,11-12,14H,3,5,8,10H2,(H2,23,28)(H,26,29)/t12?,14-,21+/m0/s1. The lowest BCUT2D eigenvalue weighted by atomic mass is 9.93. The van der Waals surface area contributed by atoms with Gasteiger partial charge in [0, 0.05) is 28.8 Å². The molecule has 3 aromatic rings. The summed E-state index contributed by atoms with van der Waals surface area (Å²) in [7, 11) is 0. The van der Waals surface area contributed by atoms with Crippen LogP contribution in [-0.2, 0) is 0 Å². The van der Waals surface area contributed by atoms with Crippen LogP contribution in [0.5, 0.6) is 5.88 Å². The van der Waals surface area contributed by atoms with Gasteiger partial charge < -0.3 is 15.8 Å². The second-order valence-electron chi connectivity index (χ2n) is 7.95. The van der Waals surface area contributed by atoms with E-state index in [1.54, 1.807) is 28.9 Å². The molecule has 5 rings (SSSR count). The molecule has 2 amide bonds. The molecule has 2 saturated carbocycles. The molecule has 154 valence electrons. The SMILES string of the molecule is NC(=O)c1cccnc1O[C@@]12CC[C@H](NC(=O)c3cnc4cc(Br)ccn34)CC1C2. The number of carbonyl (C=O) groups excluding carboxylic acids is 2. The first kappa shape index (κ1) is 19.0. The summed E-state index contributed by atoms with van der Waals surface area (Å²) in [6.07, 6.45) is 8.31. The molecule has 3 heterocycles. The average molecular weight is 470 g/mol. The minimum Gasteiger partial charge on any atom is -0.470 e. The van der Waals surface area contributed by atoms with Crippen LogP contribution in [0, 0.1) is 5.92 Å². The van der Waals surface area contributed by atoms with Crippen molar-refractivity contribution in [1.29, 1.82) is 0 Å². The Morgan fingerprint density at radius 2 is 2.20 bits per heavy atom. The van der Waals surface area contributed by atoms with E-state index >= 15 is 0 Å². The van der Waals surface area contributed by atoms with Gasteiger partial charge in [-0.15, -0.1) is 0 Å².